The van der Waals surface area contributed by atoms with Crippen LogP contribution < -0.4 is 5.32 Å². The maximum absolute atomic E-state index is 6.04. The number of halogens is 3. The van der Waals surface area contributed by atoms with Gasteiger partial charge in [-0.2, -0.15) is 0 Å². The van der Waals surface area contributed by atoms with Crippen LogP contribution in [0.2, 0.25) is 15.3 Å². The summed E-state index contributed by atoms with van der Waals surface area (Å²) in [5, 5.41) is 4.35. The van der Waals surface area contributed by atoms with Gasteiger partial charge in [-0.15, -0.1) is 0 Å². The zero-order chi connectivity index (χ0) is 12.4. The molecule has 0 aliphatic rings. The van der Waals surface area contributed by atoms with Crippen LogP contribution in [0, 0.1) is 6.92 Å². The van der Waals surface area contributed by atoms with Crippen LogP contribution in [0.25, 0.3) is 0 Å². The molecule has 0 bridgehead atoms. The van der Waals surface area contributed by atoms with Gasteiger partial charge in [-0.05, 0) is 36.7 Å². The second-order valence-electron chi connectivity index (χ2n) is 3.41. The zero-order valence-corrected chi connectivity index (χ0v) is 11.1. The van der Waals surface area contributed by atoms with Crippen molar-refractivity contribution in [3.8, 4) is 0 Å². The molecule has 3 nitrogen and oxygen atoms in total. The van der Waals surface area contributed by atoms with Crippen molar-refractivity contribution in [2.24, 2.45) is 0 Å². The molecule has 1 aromatic heterocycles. The standard InChI is InChI=1S/C11H8Cl3N3/c1-6-4-10(17-11(14)15-6)16-9-3-2-7(12)5-8(9)13/h2-5H,1H3,(H,15,16,17). The third kappa shape index (κ3) is 3.22. The summed E-state index contributed by atoms with van der Waals surface area (Å²) in [7, 11) is 0. The Morgan fingerprint density at radius 2 is 1.82 bits per heavy atom. The molecule has 0 fully saturated rings. The summed E-state index contributed by atoms with van der Waals surface area (Å²) >= 11 is 17.6. The Morgan fingerprint density at radius 3 is 2.47 bits per heavy atom. The molecule has 0 saturated carbocycles. The fraction of sp³-hybridized carbons (Fsp3) is 0.0909. The van der Waals surface area contributed by atoms with Crippen LogP contribution in [0.1, 0.15) is 5.69 Å². The van der Waals surface area contributed by atoms with E-state index in [1.807, 2.05) is 6.92 Å². The van der Waals surface area contributed by atoms with Crippen molar-refractivity contribution in [1.29, 1.82) is 0 Å². The highest BCUT2D eigenvalue weighted by atomic mass is 35.5. The highest BCUT2D eigenvalue weighted by Gasteiger charge is 2.04. The summed E-state index contributed by atoms with van der Waals surface area (Å²) in [5.41, 5.74) is 1.49. The van der Waals surface area contributed by atoms with Gasteiger partial charge in [0.05, 0.1) is 10.7 Å². The van der Waals surface area contributed by atoms with Crippen molar-refractivity contribution >= 4 is 46.3 Å². The van der Waals surface area contributed by atoms with Gasteiger partial charge in [0.1, 0.15) is 5.82 Å². The molecule has 0 unspecified atom stereocenters. The second-order valence-corrected chi connectivity index (χ2v) is 4.59. The molecule has 1 aromatic carbocycles. The number of aryl methyl sites for hydroxylation is 1. The van der Waals surface area contributed by atoms with E-state index in [4.69, 9.17) is 34.8 Å². The van der Waals surface area contributed by atoms with E-state index in [-0.39, 0.29) is 5.28 Å². The number of anilines is 2. The number of nitrogens with zero attached hydrogens (tertiary/aromatic N) is 2. The number of aromatic nitrogens is 2. The molecule has 0 radical (unpaired) electrons. The number of benzene rings is 1. The lowest BCUT2D eigenvalue weighted by Crippen LogP contribution is -1.97. The highest BCUT2D eigenvalue weighted by Crippen LogP contribution is 2.27. The lowest BCUT2D eigenvalue weighted by molar-refractivity contribution is 1.10. The predicted molar refractivity (Wildman–Crippen MR) is 71.5 cm³/mol. The van der Waals surface area contributed by atoms with Crippen LogP contribution in [0.15, 0.2) is 24.3 Å². The molecule has 2 rings (SSSR count). The molecule has 6 heteroatoms. The summed E-state index contributed by atoms with van der Waals surface area (Å²) in [6.45, 7) is 1.84. The minimum Gasteiger partial charge on any atom is -0.339 e. The van der Waals surface area contributed by atoms with E-state index in [1.165, 1.54) is 0 Å². The Hall–Kier alpha value is -1.03. The molecule has 0 saturated heterocycles. The maximum Gasteiger partial charge on any atom is 0.224 e. The number of hydrogen-bond acceptors (Lipinski definition) is 3. The summed E-state index contributed by atoms with van der Waals surface area (Å²) < 4.78 is 0. The Labute approximate surface area is 114 Å². The molecule has 17 heavy (non-hydrogen) atoms. The van der Waals surface area contributed by atoms with E-state index in [0.717, 1.165) is 5.69 Å². The molecular formula is C11H8Cl3N3. The van der Waals surface area contributed by atoms with Crippen LogP contribution in [0.4, 0.5) is 11.5 Å². The monoisotopic (exact) mass is 287 g/mol. The molecule has 0 aliphatic carbocycles. The summed E-state index contributed by atoms with van der Waals surface area (Å²) in [6.07, 6.45) is 0. The third-order valence-corrected chi connectivity index (χ3v) is 2.74. The highest BCUT2D eigenvalue weighted by molar-refractivity contribution is 6.36. The number of hydrogen-bond donors (Lipinski definition) is 1. The van der Waals surface area contributed by atoms with Crippen molar-refractivity contribution < 1.29 is 0 Å². The van der Waals surface area contributed by atoms with Crippen LogP contribution in [0.5, 0.6) is 0 Å². The second kappa shape index (κ2) is 5.08. The van der Waals surface area contributed by atoms with E-state index in [9.17, 15) is 0 Å². The van der Waals surface area contributed by atoms with Gasteiger partial charge in [-0.3, -0.25) is 0 Å². The maximum atomic E-state index is 6.04. The van der Waals surface area contributed by atoms with Gasteiger partial charge in [-0.1, -0.05) is 23.2 Å². The summed E-state index contributed by atoms with van der Waals surface area (Å²) in [4.78, 5) is 8.02. The Kier molecular flexibility index (Phi) is 3.72. The Balaban J connectivity index is 2.31. The van der Waals surface area contributed by atoms with Crippen molar-refractivity contribution in [2.45, 2.75) is 6.92 Å². The summed E-state index contributed by atoms with van der Waals surface area (Å²) in [5.74, 6) is 0.590. The SMILES string of the molecule is Cc1cc(Nc2ccc(Cl)cc2Cl)nc(Cl)n1. The van der Waals surface area contributed by atoms with Crippen molar-refractivity contribution in [3.63, 3.8) is 0 Å². The third-order valence-electron chi connectivity index (χ3n) is 2.02. The quantitative estimate of drug-likeness (QED) is 0.827. The molecular weight excluding hydrogens is 281 g/mol. The predicted octanol–water partition coefficient (Wildman–Crippen LogP) is 4.49. The molecule has 0 aliphatic heterocycles. The number of nitrogens with one attached hydrogen (secondary N) is 1. The van der Waals surface area contributed by atoms with Crippen LogP contribution in [0.3, 0.4) is 0 Å². The Morgan fingerprint density at radius 1 is 1.06 bits per heavy atom. The van der Waals surface area contributed by atoms with Crippen LogP contribution >= 0.6 is 34.8 Å². The number of rotatable bonds is 2. The van der Waals surface area contributed by atoms with Crippen LogP contribution in [-0.4, -0.2) is 9.97 Å². The lowest BCUT2D eigenvalue weighted by Gasteiger charge is -2.08. The molecule has 0 amide bonds. The van der Waals surface area contributed by atoms with Crippen molar-refractivity contribution in [2.75, 3.05) is 5.32 Å². The van der Waals surface area contributed by atoms with E-state index in [2.05, 4.69) is 15.3 Å². The topological polar surface area (TPSA) is 37.8 Å². The normalized spacial score (nSPS) is 10.4. The van der Waals surface area contributed by atoms with E-state index in [0.29, 0.717) is 21.6 Å². The van der Waals surface area contributed by atoms with Gasteiger partial charge in [0, 0.05) is 16.8 Å². The molecule has 0 spiro atoms. The molecule has 1 heterocycles. The van der Waals surface area contributed by atoms with E-state index in [1.54, 1.807) is 24.3 Å². The minimum absolute atomic E-state index is 0.192. The van der Waals surface area contributed by atoms with E-state index < -0.39 is 0 Å². The fourth-order valence-electron chi connectivity index (χ4n) is 1.33. The first-order valence-corrected chi connectivity index (χ1v) is 5.91. The van der Waals surface area contributed by atoms with Gasteiger partial charge >= 0.3 is 0 Å². The van der Waals surface area contributed by atoms with Gasteiger partial charge < -0.3 is 5.32 Å². The molecule has 1 N–H and O–H groups in total. The largest absolute Gasteiger partial charge is 0.339 e. The lowest BCUT2D eigenvalue weighted by atomic mass is 10.3. The van der Waals surface area contributed by atoms with Crippen molar-refractivity contribution in [3.05, 3.63) is 45.3 Å². The molecule has 0 atom stereocenters. The smallest absolute Gasteiger partial charge is 0.224 e. The van der Waals surface area contributed by atoms with Gasteiger partial charge in [0.2, 0.25) is 5.28 Å². The first kappa shape index (κ1) is 12.4. The van der Waals surface area contributed by atoms with Gasteiger partial charge in [-0.25, -0.2) is 9.97 Å². The minimum atomic E-state index is 0.192. The summed E-state index contributed by atoms with van der Waals surface area (Å²) in [6, 6.07) is 6.94. The molecule has 88 valence electrons. The Bertz CT molecular complexity index is 537. The van der Waals surface area contributed by atoms with Gasteiger partial charge in [0.15, 0.2) is 0 Å². The van der Waals surface area contributed by atoms with Gasteiger partial charge in [0.25, 0.3) is 0 Å². The first-order chi connectivity index (χ1) is 8.04. The fourth-order valence-corrected chi connectivity index (χ4v) is 2.01. The zero-order valence-electron chi connectivity index (χ0n) is 8.84. The first-order valence-electron chi connectivity index (χ1n) is 4.78. The average Bonchev–Trinajstić information content (AvgIpc) is 2.21. The van der Waals surface area contributed by atoms with Crippen molar-refractivity contribution in [1.82, 2.24) is 9.97 Å². The average molecular weight is 289 g/mol. The van der Waals surface area contributed by atoms with Crippen LogP contribution in [-0.2, 0) is 0 Å². The molecule has 2 aromatic rings. The van der Waals surface area contributed by atoms with E-state index >= 15 is 0 Å².